The summed E-state index contributed by atoms with van der Waals surface area (Å²) in [5.74, 6) is 0.927. The Hall–Kier alpha value is -1.54. The van der Waals surface area contributed by atoms with Crippen LogP contribution in [0.3, 0.4) is 0 Å². The Morgan fingerprint density at radius 2 is 2.22 bits per heavy atom. The molecule has 6 nitrogen and oxygen atoms in total. The highest BCUT2D eigenvalue weighted by Crippen LogP contribution is 2.37. The van der Waals surface area contributed by atoms with Crippen LogP contribution in [-0.4, -0.2) is 58.7 Å². The van der Waals surface area contributed by atoms with E-state index in [0.717, 1.165) is 59.1 Å². The van der Waals surface area contributed by atoms with Crippen molar-refractivity contribution < 1.29 is 14.6 Å². The number of ether oxygens (including phenoxy) is 1. The molecule has 0 spiro atoms. The Morgan fingerprint density at radius 3 is 2.94 bits per heavy atom. The summed E-state index contributed by atoms with van der Waals surface area (Å²) in [5.41, 5.74) is 8.28. The number of halogens is 1. The van der Waals surface area contributed by atoms with Gasteiger partial charge in [-0.2, -0.15) is 11.8 Å². The van der Waals surface area contributed by atoms with Crippen LogP contribution in [0.4, 0.5) is 0 Å². The molecule has 1 saturated carbocycles. The second-order valence-electron chi connectivity index (χ2n) is 8.95. The van der Waals surface area contributed by atoms with Gasteiger partial charge in [-0.15, -0.1) is 0 Å². The Bertz CT molecular complexity index is 955. The second-order valence-corrected chi connectivity index (χ2v) is 10.8. The molecule has 3 N–H and O–H groups in total. The quantitative estimate of drug-likeness (QED) is 0.517. The summed E-state index contributed by atoms with van der Waals surface area (Å²) in [6.45, 7) is 2.58. The number of thioether (sulfide) groups is 1. The van der Waals surface area contributed by atoms with Crippen molar-refractivity contribution in [2.24, 2.45) is 17.6 Å². The van der Waals surface area contributed by atoms with Crippen LogP contribution in [0.1, 0.15) is 43.7 Å². The van der Waals surface area contributed by atoms with Crippen molar-refractivity contribution in [1.82, 2.24) is 9.88 Å². The van der Waals surface area contributed by atoms with Gasteiger partial charge in [0.15, 0.2) is 0 Å². The van der Waals surface area contributed by atoms with Crippen LogP contribution in [-0.2, 0) is 4.79 Å². The average molecular weight is 478 g/mol. The molecule has 3 unspecified atom stereocenters. The summed E-state index contributed by atoms with van der Waals surface area (Å²) >= 11 is 8.53. The minimum absolute atomic E-state index is 0.132. The molecule has 3 atom stereocenters. The first kappa shape index (κ1) is 23.6. The highest BCUT2D eigenvalue weighted by molar-refractivity contribution is 8.00. The fourth-order valence-corrected chi connectivity index (χ4v) is 6.15. The van der Waals surface area contributed by atoms with Crippen LogP contribution in [0, 0.1) is 11.8 Å². The summed E-state index contributed by atoms with van der Waals surface area (Å²) < 4.78 is 5.36. The molecule has 1 aliphatic heterocycles. The first-order valence-electron chi connectivity index (χ1n) is 11.4. The van der Waals surface area contributed by atoms with Crippen molar-refractivity contribution in [3.63, 3.8) is 0 Å². The standard InChI is InChI=1S/C24H32ClN3O3S/c1-31-16-3-7-22-18(12-16)23(20(25)13-27-22)21(26)6-2-15-8-9-28(14-19(15)24(29)30)10-11-32-17-4-5-17/h3,7,12-13,15,17,19,21H,2,4-6,8-11,14,26H2,1H3,(H,29,30). The van der Waals surface area contributed by atoms with Crippen molar-refractivity contribution in [1.29, 1.82) is 0 Å². The smallest absolute Gasteiger partial charge is 0.308 e. The molecule has 0 bridgehead atoms. The van der Waals surface area contributed by atoms with E-state index in [1.165, 1.54) is 12.8 Å². The fraction of sp³-hybridized carbons (Fsp3) is 0.583. The van der Waals surface area contributed by atoms with E-state index in [9.17, 15) is 9.90 Å². The number of likely N-dealkylation sites (tertiary alicyclic amines) is 1. The van der Waals surface area contributed by atoms with Crippen LogP contribution in [0.5, 0.6) is 5.75 Å². The van der Waals surface area contributed by atoms with Crippen molar-refractivity contribution in [2.75, 3.05) is 32.5 Å². The maximum absolute atomic E-state index is 12.0. The monoisotopic (exact) mass is 477 g/mol. The number of hydrogen-bond donors (Lipinski definition) is 2. The third-order valence-electron chi connectivity index (χ3n) is 6.73. The van der Waals surface area contributed by atoms with E-state index in [2.05, 4.69) is 9.88 Å². The summed E-state index contributed by atoms with van der Waals surface area (Å²) in [6.07, 6.45) is 6.68. The molecule has 0 radical (unpaired) electrons. The molecule has 2 aromatic rings. The van der Waals surface area contributed by atoms with Crippen LogP contribution in [0.15, 0.2) is 24.4 Å². The number of carbonyl (C=O) groups is 1. The number of nitrogens with two attached hydrogens (primary N) is 1. The molecular weight excluding hydrogens is 446 g/mol. The number of rotatable bonds is 10. The number of fused-ring (bicyclic) bond motifs is 1. The second kappa shape index (κ2) is 10.6. The van der Waals surface area contributed by atoms with Gasteiger partial charge in [0.1, 0.15) is 5.75 Å². The number of aromatic nitrogens is 1. The zero-order chi connectivity index (χ0) is 22.7. The van der Waals surface area contributed by atoms with Crippen molar-refractivity contribution >= 4 is 40.2 Å². The van der Waals surface area contributed by atoms with E-state index >= 15 is 0 Å². The maximum atomic E-state index is 12.0. The van der Waals surface area contributed by atoms with Crippen LogP contribution < -0.4 is 10.5 Å². The zero-order valence-corrected chi connectivity index (χ0v) is 20.1. The van der Waals surface area contributed by atoms with Gasteiger partial charge in [-0.3, -0.25) is 9.78 Å². The number of aliphatic carboxylic acids is 1. The van der Waals surface area contributed by atoms with E-state index in [4.69, 9.17) is 22.1 Å². The molecular formula is C24H32ClN3O3S. The Labute approximate surface area is 198 Å². The number of hydrogen-bond acceptors (Lipinski definition) is 6. The molecule has 1 saturated heterocycles. The largest absolute Gasteiger partial charge is 0.497 e. The van der Waals surface area contributed by atoms with Gasteiger partial charge in [0.25, 0.3) is 0 Å². The van der Waals surface area contributed by atoms with Gasteiger partial charge in [-0.25, -0.2) is 0 Å². The molecule has 174 valence electrons. The zero-order valence-electron chi connectivity index (χ0n) is 18.5. The van der Waals surface area contributed by atoms with Gasteiger partial charge in [-0.05, 0) is 68.3 Å². The summed E-state index contributed by atoms with van der Waals surface area (Å²) in [4.78, 5) is 18.7. The molecule has 1 aromatic heterocycles. The van der Waals surface area contributed by atoms with E-state index in [0.29, 0.717) is 18.0 Å². The summed E-state index contributed by atoms with van der Waals surface area (Å²) in [5, 5.41) is 12.1. The van der Waals surface area contributed by atoms with Gasteiger partial charge in [-0.1, -0.05) is 11.6 Å². The first-order valence-corrected chi connectivity index (χ1v) is 12.8. The predicted molar refractivity (Wildman–Crippen MR) is 131 cm³/mol. The number of methoxy groups -OCH3 is 1. The molecule has 2 aliphatic rings. The molecule has 2 fully saturated rings. The molecule has 0 amide bonds. The highest BCUT2D eigenvalue weighted by Gasteiger charge is 2.34. The number of nitrogens with zero attached hydrogens (tertiary/aromatic N) is 2. The lowest BCUT2D eigenvalue weighted by molar-refractivity contribution is -0.146. The number of carboxylic acids is 1. The number of benzene rings is 1. The lowest BCUT2D eigenvalue weighted by atomic mass is 9.81. The third-order valence-corrected chi connectivity index (χ3v) is 8.39. The summed E-state index contributed by atoms with van der Waals surface area (Å²) in [7, 11) is 1.63. The van der Waals surface area contributed by atoms with E-state index in [1.807, 2.05) is 30.0 Å². The molecule has 32 heavy (non-hydrogen) atoms. The first-order chi connectivity index (χ1) is 15.5. The van der Waals surface area contributed by atoms with Crippen molar-refractivity contribution in [2.45, 2.75) is 43.4 Å². The average Bonchev–Trinajstić information content (AvgIpc) is 3.61. The minimum Gasteiger partial charge on any atom is -0.497 e. The van der Waals surface area contributed by atoms with Crippen LogP contribution in [0.25, 0.3) is 10.9 Å². The fourth-order valence-electron chi connectivity index (χ4n) is 4.69. The van der Waals surface area contributed by atoms with E-state index < -0.39 is 5.97 Å². The van der Waals surface area contributed by atoms with Gasteiger partial charge < -0.3 is 20.5 Å². The van der Waals surface area contributed by atoms with Gasteiger partial charge >= 0.3 is 5.97 Å². The Balaban J connectivity index is 1.40. The molecule has 1 aliphatic carbocycles. The summed E-state index contributed by atoms with van der Waals surface area (Å²) in [6, 6.07) is 5.40. The lowest BCUT2D eigenvalue weighted by Crippen LogP contribution is -2.44. The maximum Gasteiger partial charge on any atom is 0.308 e. The molecule has 1 aromatic carbocycles. The van der Waals surface area contributed by atoms with Crippen molar-refractivity contribution in [3.05, 3.63) is 35.0 Å². The molecule has 4 rings (SSSR count). The third kappa shape index (κ3) is 5.68. The van der Waals surface area contributed by atoms with E-state index in [1.54, 1.807) is 13.3 Å². The van der Waals surface area contributed by atoms with Crippen molar-refractivity contribution in [3.8, 4) is 5.75 Å². The Morgan fingerprint density at radius 1 is 1.41 bits per heavy atom. The van der Waals surface area contributed by atoms with Crippen LogP contribution >= 0.6 is 23.4 Å². The topological polar surface area (TPSA) is 88.7 Å². The normalized spacial score (nSPS) is 22.7. The predicted octanol–water partition coefficient (Wildman–Crippen LogP) is 4.60. The number of pyridine rings is 1. The molecule has 2 heterocycles. The van der Waals surface area contributed by atoms with Gasteiger partial charge in [0.05, 0.1) is 23.6 Å². The molecule has 8 heteroatoms. The SMILES string of the molecule is COc1ccc2ncc(Cl)c(C(N)CCC3CCN(CCSC4CC4)CC3C(=O)O)c2c1. The van der Waals surface area contributed by atoms with Gasteiger partial charge in [0.2, 0.25) is 0 Å². The number of piperidine rings is 1. The van der Waals surface area contributed by atoms with Crippen LogP contribution in [0.2, 0.25) is 5.02 Å². The minimum atomic E-state index is -0.694. The van der Waals surface area contributed by atoms with Gasteiger partial charge in [0, 0.05) is 41.7 Å². The lowest BCUT2D eigenvalue weighted by Gasteiger charge is -2.37. The Kier molecular flexibility index (Phi) is 7.82. The van der Waals surface area contributed by atoms with E-state index in [-0.39, 0.29) is 17.9 Å². The number of carboxylic acid groups (broad SMARTS) is 1. The highest BCUT2D eigenvalue weighted by atomic mass is 35.5.